The largest absolute Gasteiger partial charge is 0.345 e. The minimum atomic E-state index is -0.102. The Balaban J connectivity index is 1.76. The van der Waals surface area contributed by atoms with Crippen molar-refractivity contribution in [3.05, 3.63) is 46.1 Å². The Morgan fingerprint density at radius 1 is 1.35 bits per heavy atom. The molecule has 1 aliphatic heterocycles. The summed E-state index contributed by atoms with van der Waals surface area (Å²) < 4.78 is 3.13. The van der Waals surface area contributed by atoms with Gasteiger partial charge in [-0.1, -0.05) is 12.1 Å². The van der Waals surface area contributed by atoms with Crippen molar-refractivity contribution in [2.24, 2.45) is 7.05 Å². The van der Waals surface area contributed by atoms with Crippen LogP contribution in [0.3, 0.4) is 0 Å². The van der Waals surface area contributed by atoms with Crippen LogP contribution >= 0.6 is 0 Å². The van der Waals surface area contributed by atoms with Crippen molar-refractivity contribution < 1.29 is 4.79 Å². The Morgan fingerprint density at radius 3 is 2.81 bits per heavy atom. The van der Waals surface area contributed by atoms with Crippen LogP contribution in [0, 0.1) is 6.92 Å². The lowest BCUT2D eigenvalue weighted by molar-refractivity contribution is 0.190. The molecule has 7 nitrogen and oxygen atoms in total. The SMILES string of the molecule is Cc1cccc(NC(=O)N2CCCC(c3nn(C)c(=O)n3C(C)C)C2)c1. The molecule has 1 aliphatic rings. The first-order valence-corrected chi connectivity index (χ1v) is 9.15. The van der Waals surface area contributed by atoms with Gasteiger partial charge in [0.05, 0.1) is 0 Å². The molecule has 2 heterocycles. The normalized spacial score (nSPS) is 17.6. The van der Waals surface area contributed by atoms with Crippen LogP contribution in [0.25, 0.3) is 0 Å². The topological polar surface area (TPSA) is 72.2 Å². The average molecular weight is 357 g/mol. The quantitative estimate of drug-likeness (QED) is 0.918. The van der Waals surface area contributed by atoms with E-state index in [9.17, 15) is 9.59 Å². The molecule has 26 heavy (non-hydrogen) atoms. The number of hydrogen-bond acceptors (Lipinski definition) is 3. The van der Waals surface area contributed by atoms with E-state index in [1.165, 1.54) is 4.68 Å². The number of likely N-dealkylation sites (tertiary alicyclic amines) is 1. The third kappa shape index (κ3) is 3.66. The maximum Gasteiger partial charge on any atom is 0.345 e. The number of anilines is 1. The number of benzene rings is 1. The van der Waals surface area contributed by atoms with E-state index in [0.717, 1.165) is 29.9 Å². The Kier molecular flexibility index (Phi) is 5.15. The lowest BCUT2D eigenvalue weighted by Gasteiger charge is -2.32. The Labute approximate surface area is 153 Å². The van der Waals surface area contributed by atoms with Crippen LogP contribution in [-0.4, -0.2) is 38.4 Å². The standard InChI is InChI=1S/C19H27N5O2/c1-13(2)24-17(21-22(4)19(24)26)15-8-6-10-23(12-15)18(25)20-16-9-5-7-14(3)11-16/h5,7,9,11,13,15H,6,8,10,12H2,1-4H3,(H,20,25). The van der Waals surface area contributed by atoms with Gasteiger partial charge in [0.1, 0.15) is 5.82 Å². The Morgan fingerprint density at radius 2 is 2.12 bits per heavy atom. The van der Waals surface area contributed by atoms with Crippen molar-refractivity contribution in [1.29, 1.82) is 0 Å². The molecular weight excluding hydrogens is 330 g/mol. The van der Waals surface area contributed by atoms with E-state index in [1.54, 1.807) is 11.6 Å². The highest BCUT2D eigenvalue weighted by atomic mass is 16.2. The maximum atomic E-state index is 12.7. The molecule has 0 bridgehead atoms. The van der Waals surface area contributed by atoms with E-state index >= 15 is 0 Å². The van der Waals surface area contributed by atoms with E-state index in [-0.39, 0.29) is 23.7 Å². The van der Waals surface area contributed by atoms with E-state index in [0.29, 0.717) is 13.1 Å². The van der Waals surface area contributed by atoms with E-state index in [4.69, 9.17) is 0 Å². The van der Waals surface area contributed by atoms with Crippen LogP contribution in [-0.2, 0) is 7.05 Å². The van der Waals surface area contributed by atoms with Crippen molar-refractivity contribution >= 4 is 11.7 Å². The monoisotopic (exact) mass is 357 g/mol. The number of urea groups is 1. The molecule has 0 saturated carbocycles. The summed E-state index contributed by atoms with van der Waals surface area (Å²) in [5, 5.41) is 7.42. The van der Waals surface area contributed by atoms with Crippen LogP contribution in [0.2, 0.25) is 0 Å². The van der Waals surface area contributed by atoms with Crippen molar-refractivity contribution in [3.63, 3.8) is 0 Å². The van der Waals surface area contributed by atoms with E-state index in [1.807, 2.05) is 49.9 Å². The summed E-state index contributed by atoms with van der Waals surface area (Å²) >= 11 is 0. The van der Waals surface area contributed by atoms with Crippen molar-refractivity contribution in [2.45, 2.75) is 45.6 Å². The molecule has 3 rings (SSSR count). The highest BCUT2D eigenvalue weighted by molar-refractivity contribution is 5.89. The minimum Gasteiger partial charge on any atom is -0.324 e. The number of aryl methyl sites for hydroxylation is 2. The number of nitrogens with zero attached hydrogens (tertiary/aromatic N) is 4. The van der Waals surface area contributed by atoms with Gasteiger partial charge in [-0.3, -0.25) is 4.57 Å². The smallest absolute Gasteiger partial charge is 0.324 e. The fraction of sp³-hybridized carbons (Fsp3) is 0.526. The predicted molar refractivity (Wildman–Crippen MR) is 102 cm³/mol. The zero-order valence-corrected chi connectivity index (χ0v) is 15.9. The number of hydrogen-bond donors (Lipinski definition) is 1. The maximum absolute atomic E-state index is 12.7. The molecule has 1 aromatic heterocycles. The molecule has 0 aliphatic carbocycles. The van der Waals surface area contributed by atoms with Gasteiger partial charge in [-0.2, -0.15) is 5.10 Å². The van der Waals surface area contributed by atoms with Gasteiger partial charge in [0.2, 0.25) is 0 Å². The number of nitrogens with one attached hydrogen (secondary N) is 1. The summed E-state index contributed by atoms with van der Waals surface area (Å²) in [6.45, 7) is 7.25. The molecule has 0 spiro atoms. The van der Waals surface area contributed by atoms with Gasteiger partial charge in [0, 0.05) is 37.8 Å². The lowest BCUT2D eigenvalue weighted by atomic mass is 9.97. The van der Waals surface area contributed by atoms with Gasteiger partial charge in [0.15, 0.2) is 0 Å². The third-order valence-electron chi connectivity index (χ3n) is 4.84. The number of aromatic nitrogens is 3. The van der Waals surface area contributed by atoms with Crippen LogP contribution in [0.5, 0.6) is 0 Å². The van der Waals surface area contributed by atoms with Crippen LogP contribution < -0.4 is 11.0 Å². The van der Waals surface area contributed by atoms with Crippen molar-refractivity contribution in [3.8, 4) is 0 Å². The first-order valence-electron chi connectivity index (χ1n) is 9.15. The van der Waals surface area contributed by atoms with Crippen molar-refractivity contribution in [2.75, 3.05) is 18.4 Å². The molecular formula is C19H27N5O2. The Bertz CT molecular complexity index is 852. The molecule has 1 saturated heterocycles. The summed E-state index contributed by atoms with van der Waals surface area (Å²) in [5.74, 6) is 0.851. The Hall–Kier alpha value is -2.57. The molecule has 1 atom stereocenters. The lowest BCUT2D eigenvalue weighted by Crippen LogP contribution is -2.42. The molecule has 2 aromatic rings. The second-order valence-electron chi connectivity index (χ2n) is 7.31. The zero-order valence-electron chi connectivity index (χ0n) is 15.9. The number of piperidine rings is 1. The molecule has 1 N–H and O–H groups in total. The fourth-order valence-corrected chi connectivity index (χ4v) is 3.56. The molecule has 1 unspecified atom stereocenters. The van der Waals surface area contributed by atoms with Crippen LogP contribution in [0.4, 0.5) is 10.5 Å². The first-order chi connectivity index (χ1) is 12.4. The van der Waals surface area contributed by atoms with Crippen LogP contribution in [0.1, 0.15) is 50.0 Å². The number of rotatable bonds is 3. The molecule has 1 fully saturated rings. The van der Waals surface area contributed by atoms with Gasteiger partial charge >= 0.3 is 11.7 Å². The zero-order chi connectivity index (χ0) is 18.8. The molecule has 0 radical (unpaired) electrons. The highest BCUT2D eigenvalue weighted by Crippen LogP contribution is 2.27. The molecule has 7 heteroatoms. The van der Waals surface area contributed by atoms with Gasteiger partial charge < -0.3 is 10.2 Å². The van der Waals surface area contributed by atoms with Gasteiger partial charge in [-0.25, -0.2) is 14.3 Å². The van der Waals surface area contributed by atoms with Gasteiger partial charge in [-0.05, 0) is 51.3 Å². The van der Waals surface area contributed by atoms with E-state index in [2.05, 4.69) is 10.4 Å². The minimum absolute atomic E-state index is 0.0442. The summed E-state index contributed by atoms with van der Waals surface area (Å²) in [4.78, 5) is 26.8. The highest BCUT2D eigenvalue weighted by Gasteiger charge is 2.29. The predicted octanol–water partition coefficient (Wildman–Crippen LogP) is 2.88. The molecule has 2 amide bonds. The molecule has 140 valence electrons. The second kappa shape index (κ2) is 7.35. The fourth-order valence-electron chi connectivity index (χ4n) is 3.56. The summed E-state index contributed by atoms with van der Waals surface area (Å²) in [6, 6.07) is 7.71. The van der Waals surface area contributed by atoms with Gasteiger partial charge in [-0.15, -0.1) is 0 Å². The number of carbonyl (C=O) groups is 1. The summed E-state index contributed by atoms with van der Waals surface area (Å²) in [7, 11) is 1.68. The van der Waals surface area contributed by atoms with Gasteiger partial charge in [0.25, 0.3) is 0 Å². The summed E-state index contributed by atoms with van der Waals surface area (Å²) in [6.07, 6.45) is 1.83. The van der Waals surface area contributed by atoms with Crippen molar-refractivity contribution in [1.82, 2.24) is 19.2 Å². The third-order valence-corrected chi connectivity index (χ3v) is 4.84. The number of amides is 2. The molecule has 1 aromatic carbocycles. The van der Waals surface area contributed by atoms with E-state index < -0.39 is 0 Å². The average Bonchev–Trinajstić information content (AvgIpc) is 2.90. The van der Waals surface area contributed by atoms with Crippen LogP contribution in [0.15, 0.2) is 29.1 Å². The summed E-state index contributed by atoms with van der Waals surface area (Å²) in [5.41, 5.74) is 1.80. The number of carbonyl (C=O) groups excluding carboxylic acids is 1. The second-order valence-corrected chi connectivity index (χ2v) is 7.31. The first kappa shape index (κ1) is 18.2.